The highest BCUT2D eigenvalue weighted by Crippen LogP contribution is 2.33. The molecule has 1 amide bonds. The largest absolute Gasteiger partial charge is 0.367 e. The maximum absolute atomic E-state index is 12.9. The van der Waals surface area contributed by atoms with Crippen molar-refractivity contribution in [3.05, 3.63) is 85.2 Å². The average molecular weight is 524 g/mol. The highest BCUT2D eigenvalue weighted by Gasteiger charge is 2.23. The number of thioether (sulfide) groups is 1. The van der Waals surface area contributed by atoms with Crippen molar-refractivity contribution in [1.82, 2.24) is 14.9 Å². The molecular weight excluding hydrogens is 503 g/mol. The van der Waals surface area contributed by atoms with Crippen molar-refractivity contribution in [1.29, 1.82) is 0 Å². The number of benzene rings is 2. The van der Waals surface area contributed by atoms with Gasteiger partial charge in [0.1, 0.15) is 0 Å². The molecule has 1 aliphatic rings. The molecule has 0 spiro atoms. The number of carbonyl (C=O) groups excluding carboxylic acids is 1. The molecule has 1 saturated heterocycles. The van der Waals surface area contributed by atoms with Gasteiger partial charge in [0.15, 0.2) is 5.16 Å². The normalized spacial score (nSPS) is 13.9. The minimum absolute atomic E-state index is 0.0595. The van der Waals surface area contributed by atoms with Crippen molar-refractivity contribution in [3.63, 3.8) is 0 Å². The first-order chi connectivity index (χ1) is 15.9. The summed E-state index contributed by atoms with van der Waals surface area (Å²) in [5, 5.41) is 2.17. The van der Waals surface area contributed by atoms with E-state index in [4.69, 9.17) is 34.8 Å². The second-order valence-electron chi connectivity index (χ2n) is 7.58. The van der Waals surface area contributed by atoms with Crippen LogP contribution in [0.15, 0.2) is 58.5 Å². The lowest BCUT2D eigenvalue weighted by atomic mass is 10.2. The van der Waals surface area contributed by atoms with Crippen molar-refractivity contribution in [3.8, 4) is 0 Å². The Morgan fingerprint density at radius 2 is 1.79 bits per heavy atom. The molecule has 0 atom stereocenters. The fraction of sp³-hybridized carbons (Fsp3) is 0.261. The molecule has 0 radical (unpaired) electrons. The number of rotatable bonds is 6. The predicted octanol–water partition coefficient (Wildman–Crippen LogP) is 4.91. The first kappa shape index (κ1) is 24.0. The number of anilines is 1. The molecule has 1 aliphatic heterocycles. The number of nitrogens with one attached hydrogen (secondary N) is 1. The van der Waals surface area contributed by atoms with Crippen LogP contribution in [0, 0.1) is 0 Å². The molecule has 1 N–H and O–H groups in total. The lowest BCUT2D eigenvalue weighted by Crippen LogP contribution is -2.49. The van der Waals surface area contributed by atoms with E-state index in [1.807, 2.05) is 36.4 Å². The SMILES string of the molecule is O=C(Cc1cc(=O)[nH]c(SCc2cccc(Cl)c2)n1)N1CCN(c2cccc(Cl)c2Cl)CC1. The number of piperazine rings is 1. The summed E-state index contributed by atoms with van der Waals surface area (Å²) >= 11 is 19.9. The minimum atomic E-state index is -0.276. The van der Waals surface area contributed by atoms with Crippen LogP contribution in [0.5, 0.6) is 0 Å². The molecule has 3 aromatic rings. The Kier molecular flexibility index (Phi) is 7.86. The smallest absolute Gasteiger partial charge is 0.251 e. The van der Waals surface area contributed by atoms with E-state index in [1.54, 1.807) is 11.0 Å². The lowest BCUT2D eigenvalue weighted by molar-refractivity contribution is -0.130. The second kappa shape index (κ2) is 10.8. The number of hydrogen-bond donors (Lipinski definition) is 1. The predicted molar refractivity (Wildman–Crippen MR) is 135 cm³/mol. The number of aromatic amines is 1. The van der Waals surface area contributed by atoms with Crippen molar-refractivity contribution in [2.45, 2.75) is 17.3 Å². The van der Waals surface area contributed by atoms with E-state index in [9.17, 15) is 9.59 Å². The van der Waals surface area contributed by atoms with Crippen LogP contribution >= 0.6 is 46.6 Å². The van der Waals surface area contributed by atoms with E-state index >= 15 is 0 Å². The van der Waals surface area contributed by atoms with E-state index in [0.29, 0.717) is 57.9 Å². The Bertz CT molecular complexity index is 1210. The zero-order valence-corrected chi connectivity index (χ0v) is 20.6. The Balaban J connectivity index is 1.35. The minimum Gasteiger partial charge on any atom is -0.367 e. The summed E-state index contributed by atoms with van der Waals surface area (Å²) < 4.78 is 0. The van der Waals surface area contributed by atoms with Gasteiger partial charge >= 0.3 is 0 Å². The molecule has 1 aromatic heterocycles. The van der Waals surface area contributed by atoms with Crippen LogP contribution in [0.3, 0.4) is 0 Å². The topological polar surface area (TPSA) is 69.3 Å². The summed E-state index contributed by atoms with van der Waals surface area (Å²) in [6, 6.07) is 14.4. The summed E-state index contributed by atoms with van der Waals surface area (Å²) in [6.45, 7) is 2.41. The van der Waals surface area contributed by atoms with Gasteiger partial charge in [-0.25, -0.2) is 4.98 Å². The Labute approximate surface area is 210 Å². The first-order valence-corrected chi connectivity index (χ1v) is 12.5. The van der Waals surface area contributed by atoms with Crippen LogP contribution in [0.2, 0.25) is 15.1 Å². The van der Waals surface area contributed by atoms with Gasteiger partial charge in [-0.2, -0.15) is 0 Å². The van der Waals surface area contributed by atoms with Gasteiger partial charge in [-0.3, -0.25) is 9.59 Å². The number of nitrogens with zero attached hydrogens (tertiary/aromatic N) is 3. The molecule has 1 fully saturated rings. The maximum Gasteiger partial charge on any atom is 0.251 e. The van der Waals surface area contributed by atoms with Crippen LogP contribution in [-0.2, 0) is 17.0 Å². The second-order valence-corrected chi connectivity index (χ2v) is 9.76. The highest BCUT2D eigenvalue weighted by molar-refractivity contribution is 7.98. The van der Waals surface area contributed by atoms with Crippen LogP contribution in [0.4, 0.5) is 5.69 Å². The zero-order valence-electron chi connectivity index (χ0n) is 17.6. The molecule has 172 valence electrons. The molecule has 10 heteroatoms. The average Bonchev–Trinajstić information content (AvgIpc) is 2.79. The van der Waals surface area contributed by atoms with Gasteiger partial charge in [0.2, 0.25) is 5.91 Å². The third-order valence-electron chi connectivity index (χ3n) is 5.27. The summed E-state index contributed by atoms with van der Waals surface area (Å²) in [4.78, 5) is 36.1. The summed E-state index contributed by atoms with van der Waals surface area (Å²) in [6.07, 6.45) is 0.0760. The molecule has 6 nitrogen and oxygen atoms in total. The standard InChI is InChI=1S/C23H21Cl3N4O2S/c24-16-4-1-3-15(11-16)14-33-23-27-17(12-20(31)28-23)13-21(32)30-9-7-29(8-10-30)19-6-2-5-18(25)22(19)26/h1-6,11-12H,7-10,13-14H2,(H,27,28,31). The molecule has 2 aromatic carbocycles. The maximum atomic E-state index is 12.9. The van der Waals surface area contributed by atoms with Gasteiger partial charge < -0.3 is 14.8 Å². The molecule has 0 aliphatic carbocycles. The summed E-state index contributed by atoms with van der Waals surface area (Å²) in [5.74, 6) is 0.547. The Hall–Kier alpha value is -2.19. The number of aromatic nitrogens is 2. The number of hydrogen-bond acceptors (Lipinski definition) is 5. The number of H-pyrrole nitrogens is 1. The van der Waals surface area contributed by atoms with Gasteiger partial charge in [0, 0.05) is 43.0 Å². The summed E-state index contributed by atoms with van der Waals surface area (Å²) in [7, 11) is 0. The van der Waals surface area contributed by atoms with E-state index < -0.39 is 0 Å². The van der Waals surface area contributed by atoms with Crippen molar-refractivity contribution in [2.24, 2.45) is 0 Å². The van der Waals surface area contributed by atoms with Crippen molar-refractivity contribution >= 4 is 58.2 Å². The van der Waals surface area contributed by atoms with Crippen LogP contribution in [-0.4, -0.2) is 47.0 Å². The van der Waals surface area contributed by atoms with E-state index in [-0.39, 0.29) is 17.9 Å². The quantitative estimate of drug-likeness (QED) is 0.367. The van der Waals surface area contributed by atoms with Crippen molar-refractivity contribution in [2.75, 3.05) is 31.1 Å². The molecule has 0 bridgehead atoms. The third kappa shape index (κ3) is 6.23. The fourth-order valence-corrected chi connectivity index (χ4v) is 5.09. The number of halogens is 3. The summed E-state index contributed by atoms with van der Waals surface area (Å²) in [5.41, 5.74) is 2.07. The molecule has 0 saturated carbocycles. The van der Waals surface area contributed by atoms with E-state index in [0.717, 1.165) is 11.3 Å². The van der Waals surface area contributed by atoms with Crippen LogP contribution in [0.25, 0.3) is 0 Å². The number of carbonyl (C=O) groups is 1. The van der Waals surface area contributed by atoms with Crippen LogP contribution < -0.4 is 10.5 Å². The Morgan fingerprint density at radius 3 is 2.55 bits per heavy atom. The van der Waals surface area contributed by atoms with Gasteiger partial charge in [-0.05, 0) is 29.8 Å². The molecular formula is C23H21Cl3N4O2S. The highest BCUT2D eigenvalue weighted by atomic mass is 35.5. The van der Waals surface area contributed by atoms with Gasteiger partial charge in [0.05, 0.1) is 27.8 Å². The van der Waals surface area contributed by atoms with E-state index in [2.05, 4.69) is 14.9 Å². The fourth-order valence-electron chi connectivity index (χ4n) is 3.62. The monoisotopic (exact) mass is 522 g/mol. The molecule has 2 heterocycles. The molecule has 0 unspecified atom stereocenters. The first-order valence-electron chi connectivity index (χ1n) is 10.3. The van der Waals surface area contributed by atoms with E-state index in [1.165, 1.54) is 17.8 Å². The van der Waals surface area contributed by atoms with Gasteiger partial charge in [0.25, 0.3) is 5.56 Å². The lowest BCUT2D eigenvalue weighted by Gasteiger charge is -2.36. The van der Waals surface area contributed by atoms with Gasteiger partial charge in [-0.15, -0.1) is 0 Å². The number of amides is 1. The van der Waals surface area contributed by atoms with Crippen LogP contribution in [0.1, 0.15) is 11.3 Å². The van der Waals surface area contributed by atoms with Crippen molar-refractivity contribution < 1.29 is 4.79 Å². The molecule has 4 rings (SSSR count). The zero-order chi connectivity index (χ0) is 23.4. The Morgan fingerprint density at radius 1 is 1.03 bits per heavy atom. The molecule has 33 heavy (non-hydrogen) atoms. The third-order valence-corrected chi connectivity index (χ3v) is 7.26. The van der Waals surface area contributed by atoms with Gasteiger partial charge in [-0.1, -0.05) is 64.8 Å².